The van der Waals surface area contributed by atoms with Gasteiger partial charge in [0.2, 0.25) is 0 Å². The fourth-order valence-electron chi connectivity index (χ4n) is 2.36. The van der Waals surface area contributed by atoms with Gasteiger partial charge in [-0.1, -0.05) is 13.8 Å². The molecule has 0 bridgehead atoms. The van der Waals surface area contributed by atoms with Gasteiger partial charge in [-0.25, -0.2) is 0 Å². The molecule has 0 unspecified atom stereocenters. The lowest BCUT2D eigenvalue weighted by Gasteiger charge is -2.19. The number of nitrogens with zero attached hydrogens (tertiary/aromatic N) is 2. The minimum Gasteiger partial charge on any atom is -0.374 e. The standard InChI is InChI=1S/C17H33N3O/c1-13(2)12-18-9-8-16-14(3)19-20(15(16)4)10-11-21-17(5,6)7/h13,18H,8-12H2,1-7H3. The third-order valence-corrected chi connectivity index (χ3v) is 3.47. The van der Waals surface area contributed by atoms with Gasteiger partial charge in [0.25, 0.3) is 0 Å². The Hall–Kier alpha value is -0.870. The summed E-state index contributed by atoms with van der Waals surface area (Å²) in [6, 6.07) is 0. The number of nitrogens with one attached hydrogen (secondary N) is 1. The molecule has 0 aliphatic heterocycles. The summed E-state index contributed by atoms with van der Waals surface area (Å²) < 4.78 is 7.87. The Morgan fingerprint density at radius 3 is 2.48 bits per heavy atom. The Morgan fingerprint density at radius 1 is 1.24 bits per heavy atom. The lowest BCUT2D eigenvalue weighted by Crippen LogP contribution is -2.23. The Kier molecular flexibility index (Phi) is 6.88. The van der Waals surface area contributed by atoms with Crippen LogP contribution in [0.25, 0.3) is 0 Å². The molecule has 1 aromatic rings. The van der Waals surface area contributed by atoms with Gasteiger partial charge in [-0.3, -0.25) is 4.68 Å². The maximum atomic E-state index is 5.79. The van der Waals surface area contributed by atoms with Crippen molar-refractivity contribution in [2.75, 3.05) is 19.7 Å². The molecule has 0 aliphatic carbocycles. The van der Waals surface area contributed by atoms with Crippen LogP contribution in [0, 0.1) is 19.8 Å². The van der Waals surface area contributed by atoms with Crippen LogP contribution in [0.15, 0.2) is 0 Å². The summed E-state index contributed by atoms with van der Waals surface area (Å²) in [5.41, 5.74) is 3.72. The molecule has 21 heavy (non-hydrogen) atoms. The van der Waals surface area contributed by atoms with Crippen molar-refractivity contribution in [1.82, 2.24) is 15.1 Å². The van der Waals surface area contributed by atoms with Crippen LogP contribution in [0.1, 0.15) is 51.6 Å². The minimum atomic E-state index is -0.0836. The predicted molar refractivity (Wildman–Crippen MR) is 88.8 cm³/mol. The highest BCUT2D eigenvalue weighted by molar-refractivity contribution is 5.24. The molecule has 0 atom stereocenters. The van der Waals surface area contributed by atoms with E-state index in [-0.39, 0.29) is 5.60 Å². The van der Waals surface area contributed by atoms with Gasteiger partial charge in [0, 0.05) is 5.69 Å². The van der Waals surface area contributed by atoms with Crippen molar-refractivity contribution in [2.24, 2.45) is 5.92 Å². The summed E-state index contributed by atoms with van der Waals surface area (Å²) in [6.45, 7) is 18.6. The van der Waals surface area contributed by atoms with E-state index in [1.165, 1.54) is 11.3 Å². The lowest BCUT2D eigenvalue weighted by molar-refractivity contribution is -0.00810. The van der Waals surface area contributed by atoms with Gasteiger partial charge >= 0.3 is 0 Å². The Morgan fingerprint density at radius 2 is 1.90 bits per heavy atom. The predicted octanol–water partition coefficient (Wildman–Crippen LogP) is 3.10. The third kappa shape index (κ3) is 6.62. The molecule has 4 nitrogen and oxygen atoms in total. The highest BCUT2D eigenvalue weighted by Gasteiger charge is 2.13. The van der Waals surface area contributed by atoms with E-state index >= 15 is 0 Å². The van der Waals surface area contributed by atoms with Crippen LogP contribution in [0.3, 0.4) is 0 Å². The van der Waals surface area contributed by atoms with Crippen LogP contribution in [-0.4, -0.2) is 35.1 Å². The molecule has 0 amide bonds. The molecule has 0 saturated carbocycles. The maximum Gasteiger partial charge on any atom is 0.0669 e. The first-order chi connectivity index (χ1) is 9.70. The highest BCUT2D eigenvalue weighted by Crippen LogP contribution is 2.14. The smallest absolute Gasteiger partial charge is 0.0669 e. The molecule has 1 heterocycles. The topological polar surface area (TPSA) is 39.1 Å². The first kappa shape index (κ1) is 18.2. The molecule has 122 valence electrons. The third-order valence-electron chi connectivity index (χ3n) is 3.47. The van der Waals surface area contributed by atoms with Gasteiger partial charge in [0.05, 0.1) is 24.4 Å². The van der Waals surface area contributed by atoms with Gasteiger partial charge in [-0.2, -0.15) is 5.10 Å². The van der Waals surface area contributed by atoms with E-state index in [2.05, 4.69) is 63.6 Å². The number of rotatable bonds is 8. The zero-order chi connectivity index (χ0) is 16.0. The largest absolute Gasteiger partial charge is 0.374 e. The van der Waals surface area contributed by atoms with Crippen LogP contribution in [0.4, 0.5) is 0 Å². The van der Waals surface area contributed by atoms with Crippen LogP contribution in [-0.2, 0) is 17.7 Å². The zero-order valence-electron chi connectivity index (χ0n) is 14.9. The quantitative estimate of drug-likeness (QED) is 0.749. The molecule has 0 fully saturated rings. The van der Waals surface area contributed by atoms with Crippen LogP contribution in [0.5, 0.6) is 0 Å². The summed E-state index contributed by atoms with van der Waals surface area (Å²) in [5.74, 6) is 0.699. The monoisotopic (exact) mass is 295 g/mol. The highest BCUT2D eigenvalue weighted by atomic mass is 16.5. The fourth-order valence-corrected chi connectivity index (χ4v) is 2.36. The normalized spacial score (nSPS) is 12.4. The zero-order valence-corrected chi connectivity index (χ0v) is 14.9. The second kappa shape index (κ2) is 7.95. The molecule has 0 radical (unpaired) electrons. The summed E-state index contributed by atoms with van der Waals surface area (Å²) in [7, 11) is 0. The van der Waals surface area contributed by atoms with Crippen molar-refractivity contribution in [1.29, 1.82) is 0 Å². The van der Waals surface area contributed by atoms with Gasteiger partial charge in [-0.05, 0) is 65.6 Å². The van der Waals surface area contributed by atoms with Crippen molar-refractivity contribution >= 4 is 0 Å². The first-order valence-corrected chi connectivity index (χ1v) is 8.08. The fraction of sp³-hybridized carbons (Fsp3) is 0.824. The number of ether oxygens (including phenoxy) is 1. The van der Waals surface area contributed by atoms with E-state index in [1.54, 1.807) is 0 Å². The van der Waals surface area contributed by atoms with Gasteiger partial charge in [-0.15, -0.1) is 0 Å². The Bertz CT molecular complexity index is 430. The van der Waals surface area contributed by atoms with Gasteiger partial charge in [0.1, 0.15) is 0 Å². The van der Waals surface area contributed by atoms with E-state index < -0.39 is 0 Å². The van der Waals surface area contributed by atoms with E-state index in [0.717, 1.165) is 31.7 Å². The van der Waals surface area contributed by atoms with Crippen molar-refractivity contribution in [3.8, 4) is 0 Å². The number of hydrogen-bond donors (Lipinski definition) is 1. The summed E-state index contributed by atoms with van der Waals surface area (Å²) >= 11 is 0. The molecular weight excluding hydrogens is 262 g/mol. The van der Waals surface area contributed by atoms with Crippen LogP contribution in [0.2, 0.25) is 0 Å². The minimum absolute atomic E-state index is 0.0836. The second-order valence-electron chi connectivity index (χ2n) is 7.18. The number of aromatic nitrogens is 2. The number of aryl methyl sites for hydroxylation is 1. The second-order valence-corrected chi connectivity index (χ2v) is 7.18. The Labute approximate surface area is 130 Å². The van der Waals surface area contributed by atoms with Crippen molar-refractivity contribution in [3.05, 3.63) is 17.0 Å². The Balaban J connectivity index is 2.51. The van der Waals surface area contributed by atoms with Crippen molar-refractivity contribution in [3.63, 3.8) is 0 Å². The van der Waals surface area contributed by atoms with E-state index in [1.807, 2.05) is 0 Å². The van der Waals surface area contributed by atoms with Crippen molar-refractivity contribution in [2.45, 2.75) is 67.0 Å². The van der Waals surface area contributed by atoms with Crippen LogP contribution >= 0.6 is 0 Å². The maximum absolute atomic E-state index is 5.79. The average molecular weight is 295 g/mol. The van der Waals surface area contributed by atoms with E-state index in [9.17, 15) is 0 Å². The van der Waals surface area contributed by atoms with Crippen molar-refractivity contribution < 1.29 is 4.74 Å². The summed E-state index contributed by atoms with van der Waals surface area (Å²) in [4.78, 5) is 0. The lowest BCUT2D eigenvalue weighted by atomic mass is 10.1. The molecule has 1 N–H and O–H groups in total. The molecular formula is C17H33N3O. The van der Waals surface area contributed by atoms with Gasteiger partial charge in [0.15, 0.2) is 0 Å². The van der Waals surface area contributed by atoms with Gasteiger partial charge < -0.3 is 10.1 Å². The molecule has 0 aliphatic rings. The van der Waals surface area contributed by atoms with E-state index in [0.29, 0.717) is 12.5 Å². The molecule has 0 spiro atoms. The first-order valence-electron chi connectivity index (χ1n) is 8.08. The molecule has 1 aromatic heterocycles. The summed E-state index contributed by atoms with van der Waals surface area (Å²) in [5, 5.41) is 8.15. The summed E-state index contributed by atoms with van der Waals surface area (Å²) in [6.07, 6.45) is 1.05. The average Bonchev–Trinajstić information content (AvgIpc) is 2.59. The van der Waals surface area contributed by atoms with E-state index in [4.69, 9.17) is 4.74 Å². The molecule has 1 rings (SSSR count). The molecule has 4 heteroatoms. The molecule has 0 saturated heterocycles. The number of hydrogen-bond acceptors (Lipinski definition) is 3. The van der Waals surface area contributed by atoms with Crippen LogP contribution < -0.4 is 5.32 Å². The molecule has 0 aromatic carbocycles. The SMILES string of the molecule is Cc1nn(CCOC(C)(C)C)c(C)c1CCNCC(C)C.